The molecule has 1 amide bonds. The lowest BCUT2D eigenvalue weighted by molar-refractivity contribution is -0.106. The molecule has 6 heteroatoms. The molecule has 3 rings (SSSR count). The highest BCUT2D eigenvalue weighted by atomic mass is 16.5. The van der Waals surface area contributed by atoms with Gasteiger partial charge in [-0.1, -0.05) is 27.7 Å². The number of amides is 1. The van der Waals surface area contributed by atoms with Crippen LogP contribution in [0.4, 0.5) is 5.69 Å². The summed E-state index contributed by atoms with van der Waals surface area (Å²) in [4.78, 5) is 17.8. The SMILES string of the molecule is C#Cc1nc(CCN=Cc2ccc(OC3CC3)c(NC)c2)cc(C(C)CC)c1C.CC.NC=O. The molecule has 1 heterocycles. The molecule has 0 bridgehead atoms. The molecular formula is C28H40N4O2. The number of carbonyl (C=O) groups is 1. The van der Waals surface area contributed by atoms with E-state index in [0.29, 0.717) is 18.6 Å². The summed E-state index contributed by atoms with van der Waals surface area (Å²) in [6.45, 7) is 11.2. The van der Waals surface area contributed by atoms with E-state index in [4.69, 9.17) is 16.0 Å². The van der Waals surface area contributed by atoms with Crippen molar-refractivity contribution in [2.75, 3.05) is 18.9 Å². The standard InChI is InChI=1S/C25H31N3O.C2H6.CH3NO/c1-6-17(3)22-15-20(28-23(7-2)18(22)4)12-13-27-16-19-8-11-25(24(14-19)26-5)29-21-9-10-21;1-2;2-1-3/h2,8,11,14-17,21,26H,6,9-10,12-13H2,1,3-5H3;1-2H3;1H,(H2,2,3). The van der Waals surface area contributed by atoms with Crippen LogP contribution in [-0.2, 0) is 11.2 Å². The highest BCUT2D eigenvalue weighted by Gasteiger charge is 2.24. The van der Waals surface area contributed by atoms with Gasteiger partial charge in [0.2, 0.25) is 6.41 Å². The summed E-state index contributed by atoms with van der Waals surface area (Å²) in [5.74, 6) is 4.13. The van der Waals surface area contributed by atoms with Crippen LogP contribution in [0.1, 0.15) is 81.0 Å². The molecule has 34 heavy (non-hydrogen) atoms. The number of carbonyl (C=O) groups excluding carboxylic acids is 1. The molecule has 1 aromatic heterocycles. The molecule has 1 unspecified atom stereocenters. The molecule has 0 radical (unpaired) electrons. The number of ether oxygens (including phenoxy) is 1. The molecule has 3 N–H and O–H groups in total. The largest absolute Gasteiger partial charge is 0.488 e. The van der Waals surface area contributed by atoms with Crippen LogP contribution in [0.15, 0.2) is 29.3 Å². The van der Waals surface area contributed by atoms with Crippen molar-refractivity contribution < 1.29 is 9.53 Å². The Morgan fingerprint density at radius 3 is 2.59 bits per heavy atom. The number of anilines is 1. The van der Waals surface area contributed by atoms with Crippen molar-refractivity contribution >= 4 is 18.3 Å². The van der Waals surface area contributed by atoms with Gasteiger partial charge in [-0.25, -0.2) is 4.98 Å². The van der Waals surface area contributed by atoms with Crippen LogP contribution in [0, 0.1) is 19.3 Å². The van der Waals surface area contributed by atoms with Gasteiger partial charge in [0.25, 0.3) is 0 Å². The first-order chi connectivity index (χ1) is 16.5. The van der Waals surface area contributed by atoms with Gasteiger partial charge in [0.05, 0.1) is 11.8 Å². The third-order valence-corrected chi connectivity index (χ3v) is 5.47. The van der Waals surface area contributed by atoms with E-state index in [-0.39, 0.29) is 6.41 Å². The zero-order valence-corrected chi connectivity index (χ0v) is 21.5. The molecule has 1 atom stereocenters. The number of nitrogens with two attached hydrogens (primary N) is 1. The summed E-state index contributed by atoms with van der Waals surface area (Å²) in [6.07, 6.45) is 12.4. The first-order valence-electron chi connectivity index (χ1n) is 12.1. The van der Waals surface area contributed by atoms with E-state index in [9.17, 15) is 0 Å². The third-order valence-electron chi connectivity index (χ3n) is 5.47. The van der Waals surface area contributed by atoms with Crippen LogP contribution >= 0.6 is 0 Å². The van der Waals surface area contributed by atoms with Gasteiger partial charge in [0.1, 0.15) is 11.4 Å². The smallest absolute Gasteiger partial charge is 0.204 e. The van der Waals surface area contributed by atoms with Gasteiger partial charge in [0.15, 0.2) is 0 Å². The van der Waals surface area contributed by atoms with Crippen LogP contribution in [0.2, 0.25) is 0 Å². The number of benzene rings is 1. The Bertz CT molecular complexity index is 975. The van der Waals surface area contributed by atoms with E-state index in [2.05, 4.69) is 59.9 Å². The molecule has 0 saturated heterocycles. The first kappa shape index (κ1) is 28.7. The van der Waals surface area contributed by atoms with Crippen LogP contribution in [0.5, 0.6) is 5.75 Å². The number of nitrogens with one attached hydrogen (secondary N) is 1. The maximum Gasteiger partial charge on any atom is 0.204 e. The topological polar surface area (TPSA) is 89.6 Å². The van der Waals surface area contributed by atoms with Crippen LogP contribution < -0.4 is 15.8 Å². The molecule has 184 valence electrons. The van der Waals surface area contributed by atoms with Gasteiger partial charge in [-0.05, 0) is 79.0 Å². The van der Waals surface area contributed by atoms with Crippen molar-refractivity contribution in [2.45, 2.75) is 72.3 Å². The van der Waals surface area contributed by atoms with E-state index in [1.807, 2.05) is 39.2 Å². The summed E-state index contributed by atoms with van der Waals surface area (Å²) >= 11 is 0. The molecule has 2 aromatic rings. The van der Waals surface area contributed by atoms with Crippen LogP contribution in [0.25, 0.3) is 0 Å². The van der Waals surface area contributed by atoms with Crippen molar-refractivity contribution in [3.05, 3.63) is 52.3 Å². The number of hydrogen-bond donors (Lipinski definition) is 2. The van der Waals surface area contributed by atoms with Gasteiger partial charge in [0, 0.05) is 31.9 Å². The maximum atomic E-state index is 8.58. The van der Waals surface area contributed by atoms with Gasteiger partial charge in [-0.15, -0.1) is 6.42 Å². The zero-order chi connectivity index (χ0) is 25.5. The van der Waals surface area contributed by atoms with Crippen LogP contribution in [-0.4, -0.2) is 37.3 Å². The lowest BCUT2D eigenvalue weighted by Gasteiger charge is -2.15. The van der Waals surface area contributed by atoms with Crippen LogP contribution in [0.3, 0.4) is 0 Å². The van der Waals surface area contributed by atoms with E-state index in [1.54, 1.807) is 0 Å². The summed E-state index contributed by atoms with van der Waals surface area (Å²) in [6, 6.07) is 8.33. The Balaban J connectivity index is 0.00000107. The molecule has 0 aliphatic heterocycles. The number of aliphatic imine (C=N–C) groups is 1. The molecule has 6 nitrogen and oxygen atoms in total. The molecule has 1 aliphatic carbocycles. The maximum absolute atomic E-state index is 8.58. The second-order valence-corrected chi connectivity index (χ2v) is 7.87. The Morgan fingerprint density at radius 2 is 2.03 bits per heavy atom. The fraction of sp³-hybridized carbons (Fsp3) is 0.464. The number of primary amides is 1. The number of terminal acetylenes is 1. The summed E-state index contributed by atoms with van der Waals surface area (Å²) in [5, 5.41) is 3.21. The van der Waals surface area contributed by atoms with Crippen molar-refractivity contribution in [3.8, 4) is 18.1 Å². The minimum atomic E-state index is 0.250. The monoisotopic (exact) mass is 464 g/mol. The summed E-state index contributed by atoms with van der Waals surface area (Å²) < 4.78 is 5.93. The van der Waals surface area contributed by atoms with Crippen molar-refractivity contribution in [1.82, 2.24) is 4.98 Å². The molecular weight excluding hydrogens is 424 g/mol. The number of pyridine rings is 1. The number of nitrogens with zero attached hydrogens (tertiary/aromatic N) is 2. The van der Waals surface area contributed by atoms with E-state index in [0.717, 1.165) is 59.6 Å². The molecule has 1 fully saturated rings. The predicted molar refractivity (Wildman–Crippen MR) is 143 cm³/mol. The molecule has 1 aliphatic rings. The normalized spacial score (nSPS) is 13.0. The van der Waals surface area contributed by atoms with Gasteiger partial charge in [-0.3, -0.25) is 9.79 Å². The molecule has 0 spiro atoms. The minimum absolute atomic E-state index is 0.250. The second-order valence-electron chi connectivity index (χ2n) is 7.87. The number of rotatable bonds is 9. The third kappa shape index (κ3) is 8.90. The van der Waals surface area contributed by atoms with Crippen molar-refractivity contribution in [1.29, 1.82) is 0 Å². The minimum Gasteiger partial charge on any atom is -0.488 e. The first-order valence-corrected chi connectivity index (χ1v) is 12.1. The van der Waals surface area contributed by atoms with Crippen molar-refractivity contribution in [3.63, 3.8) is 0 Å². The number of aromatic nitrogens is 1. The van der Waals surface area contributed by atoms with E-state index in [1.165, 1.54) is 5.56 Å². The Morgan fingerprint density at radius 1 is 1.35 bits per heavy atom. The van der Waals surface area contributed by atoms with Gasteiger partial charge < -0.3 is 15.8 Å². The number of hydrogen-bond acceptors (Lipinski definition) is 5. The van der Waals surface area contributed by atoms with E-state index >= 15 is 0 Å². The summed E-state index contributed by atoms with van der Waals surface area (Å²) in [5.41, 5.74) is 10.4. The highest BCUT2D eigenvalue weighted by molar-refractivity contribution is 5.82. The fourth-order valence-electron chi connectivity index (χ4n) is 3.33. The lowest BCUT2D eigenvalue weighted by atomic mass is 9.93. The Labute approximate surface area is 205 Å². The van der Waals surface area contributed by atoms with Crippen molar-refractivity contribution in [2.24, 2.45) is 10.7 Å². The predicted octanol–water partition coefficient (Wildman–Crippen LogP) is 5.26. The summed E-state index contributed by atoms with van der Waals surface area (Å²) in [7, 11) is 1.91. The quantitative estimate of drug-likeness (QED) is 0.301. The van der Waals surface area contributed by atoms with Gasteiger partial charge >= 0.3 is 0 Å². The Kier molecular flexibility index (Phi) is 13.1. The second kappa shape index (κ2) is 15.5. The average Bonchev–Trinajstić information content (AvgIpc) is 3.68. The fourth-order valence-corrected chi connectivity index (χ4v) is 3.33. The molecule has 1 saturated carbocycles. The highest BCUT2D eigenvalue weighted by Crippen LogP contribution is 2.32. The average molecular weight is 465 g/mol. The van der Waals surface area contributed by atoms with E-state index < -0.39 is 0 Å². The Hall–Kier alpha value is -3.33. The lowest BCUT2D eigenvalue weighted by Crippen LogP contribution is -2.05. The molecule has 1 aromatic carbocycles. The van der Waals surface area contributed by atoms with Gasteiger partial charge in [-0.2, -0.15) is 0 Å². The zero-order valence-electron chi connectivity index (χ0n) is 21.5.